The molecule has 0 bridgehead atoms. The number of rotatable bonds is 3. The van der Waals surface area contributed by atoms with Gasteiger partial charge in [-0.3, -0.25) is 19.7 Å². The van der Waals surface area contributed by atoms with Crippen LogP contribution >= 0.6 is 11.6 Å². The molecule has 2 aromatic carbocycles. The summed E-state index contributed by atoms with van der Waals surface area (Å²) in [6, 6.07) is 11.9. The Balaban J connectivity index is 1.21. The quantitative estimate of drug-likeness (QED) is 0.699. The van der Waals surface area contributed by atoms with Crippen LogP contribution in [0, 0.1) is 0 Å². The molecule has 1 atom stereocenters. The van der Waals surface area contributed by atoms with Crippen LogP contribution in [-0.2, 0) is 16.1 Å². The first-order valence-corrected chi connectivity index (χ1v) is 10.9. The third-order valence-corrected chi connectivity index (χ3v) is 6.54. The third kappa shape index (κ3) is 3.71. The summed E-state index contributed by atoms with van der Waals surface area (Å²) < 4.78 is 0. The Morgan fingerprint density at radius 1 is 1.06 bits per heavy atom. The van der Waals surface area contributed by atoms with Gasteiger partial charge in [0.15, 0.2) is 0 Å². The van der Waals surface area contributed by atoms with Gasteiger partial charge in [0, 0.05) is 48.2 Å². The molecule has 0 aliphatic carbocycles. The van der Waals surface area contributed by atoms with Crippen LogP contribution in [0.1, 0.15) is 40.2 Å². The predicted molar refractivity (Wildman–Crippen MR) is 117 cm³/mol. The van der Waals surface area contributed by atoms with Gasteiger partial charge in [-0.05, 0) is 47.9 Å². The van der Waals surface area contributed by atoms with Crippen LogP contribution in [0.5, 0.6) is 0 Å². The predicted octanol–water partition coefficient (Wildman–Crippen LogP) is 2.73. The lowest BCUT2D eigenvalue weighted by atomic mass is 9.92. The number of piperidine rings is 1. The molecule has 2 fully saturated rings. The molecule has 2 N–H and O–H groups in total. The summed E-state index contributed by atoms with van der Waals surface area (Å²) in [7, 11) is 0. The normalized spacial score (nSPS) is 20.7. The highest BCUT2D eigenvalue weighted by molar-refractivity contribution is 6.30. The number of benzene rings is 2. The second-order valence-electron chi connectivity index (χ2n) is 8.36. The van der Waals surface area contributed by atoms with E-state index in [0.717, 1.165) is 11.1 Å². The molecule has 2 aromatic rings. The Hall–Kier alpha value is -3.39. The summed E-state index contributed by atoms with van der Waals surface area (Å²) >= 11 is 5.93. The summed E-state index contributed by atoms with van der Waals surface area (Å²) in [5, 5.41) is 5.87. The van der Waals surface area contributed by atoms with Gasteiger partial charge in [0.05, 0.1) is 0 Å². The number of fused-ring (bicyclic) bond motifs is 1. The van der Waals surface area contributed by atoms with E-state index in [1.807, 2.05) is 24.3 Å². The van der Waals surface area contributed by atoms with Gasteiger partial charge in [-0.1, -0.05) is 23.7 Å². The molecule has 0 saturated carbocycles. The molecule has 0 radical (unpaired) electrons. The lowest BCUT2D eigenvalue weighted by molar-refractivity contribution is -0.136. The summed E-state index contributed by atoms with van der Waals surface area (Å²) in [5.74, 6) is -0.702. The summed E-state index contributed by atoms with van der Waals surface area (Å²) in [6.07, 6.45) is 0.530. The maximum atomic E-state index is 12.8. The van der Waals surface area contributed by atoms with Crippen LogP contribution in [0.3, 0.4) is 0 Å². The van der Waals surface area contributed by atoms with Crippen molar-refractivity contribution in [1.29, 1.82) is 0 Å². The van der Waals surface area contributed by atoms with Crippen LogP contribution in [0.15, 0.2) is 42.5 Å². The molecule has 8 nitrogen and oxygen atoms in total. The Morgan fingerprint density at radius 3 is 2.53 bits per heavy atom. The van der Waals surface area contributed by atoms with Crippen molar-refractivity contribution >= 4 is 41.0 Å². The van der Waals surface area contributed by atoms with Gasteiger partial charge in [0.1, 0.15) is 6.04 Å². The van der Waals surface area contributed by atoms with Crippen LogP contribution < -0.4 is 10.6 Å². The van der Waals surface area contributed by atoms with Crippen molar-refractivity contribution in [3.63, 3.8) is 0 Å². The minimum atomic E-state index is -0.656. The molecule has 164 valence electrons. The van der Waals surface area contributed by atoms with Crippen LogP contribution in [0.2, 0.25) is 5.02 Å². The number of carbonyl (C=O) groups excluding carboxylic acids is 4. The van der Waals surface area contributed by atoms with Gasteiger partial charge in [0.25, 0.3) is 5.91 Å². The topological polar surface area (TPSA) is 98.8 Å². The van der Waals surface area contributed by atoms with E-state index in [1.54, 1.807) is 23.1 Å². The molecule has 32 heavy (non-hydrogen) atoms. The van der Waals surface area contributed by atoms with E-state index in [2.05, 4.69) is 10.6 Å². The number of nitrogens with one attached hydrogen (secondary N) is 2. The summed E-state index contributed by atoms with van der Waals surface area (Å²) in [5.41, 5.74) is 3.02. The number of carbonyl (C=O) groups is 4. The van der Waals surface area contributed by atoms with E-state index >= 15 is 0 Å². The molecule has 5 rings (SSSR count). The molecule has 3 aliphatic rings. The molecule has 0 spiro atoms. The van der Waals surface area contributed by atoms with Crippen molar-refractivity contribution in [2.45, 2.75) is 31.3 Å². The average molecular weight is 453 g/mol. The zero-order valence-electron chi connectivity index (χ0n) is 17.1. The second kappa shape index (κ2) is 7.94. The highest BCUT2D eigenvalue weighted by Crippen LogP contribution is 2.31. The first-order chi connectivity index (χ1) is 15.4. The largest absolute Gasteiger partial charge is 0.323 e. The maximum absolute atomic E-state index is 12.8. The van der Waals surface area contributed by atoms with E-state index in [9.17, 15) is 19.2 Å². The lowest BCUT2D eigenvalue weighted by Crippen LogP contribution is -2.52. The second-order valence-corrected chi connectivity index (χ2v) is 8.79. The molecular formula is C23H21ClN4O4. The molecule has 3 heterocycles. The molecule has 9 heteroatoms. The van der Waals surface area contributed by atoms with Crippen molar-refractivity contribution in [3.8, 4) is 0 Å². The fourth-order valence-corrected chi connectivity index (χ4v) is 4.57. The molecule has 5 amide bonds. The van der Waals surface area contributed by atoms with Crippen molar-refractivity contribution in [2.24, 2.45) is 0 Å². The number of likely N-dealkylation sites (tertiary alicyclic amines) is 1. The summed E-state index contributed by atoms with van der Waals surface area (Å²) in [4.78, 5) is 52.2. The summed E-state index contributed by atoms with van der Waals surface area (Å²) in [6.45, 7) is 1.52. The molecule has 3 aliphatic heterocycles. The van der Waals surface area contributed by atoms with Gasteiger partial charge >= 0.3 is 6.03 Å². The van der Waals surface area contributed by atoms with Crippen molar-refractivity contribution in [2.75, 3.05) is 18.4 Å². The Kier molecular flexibility index (Phi) is 5.09. The number of hydrogen-bond donors (Lipinski definition) is 2. The third-order valence-electron chi connectivity index (χ3n) is 6.28. The van der Waals surface area contributed by atoms with Crippen LogP contribution in [0.25, 0.3) is 0 Å². The molecular weight excluding hydrogens is 432 g/mol. The van der Waals surface area contributed by atoms with E-state index in [-0.39, 0.29) is 36.7 Å². The Labute approximate surface area is 189 Å². The zero-order valence-corrected chi connectivity index (χ0v) is 17.9. The van der Waals surface area contributed by atoms with Gasteiger partial charge in [-0.25, -0.2) is 4.79 Å². The fourth-order valence-electron chi connectivity index (χ4n) is 4.44. The van der Waals surface area contributed by atoms with Gasteiger partial charge in [0.2, 0.25) is 11.8 Å². The van der Waals surface area contributed by atoms with Crippen molar-refractivity contribution in [3.05, 3.63) is 64.2 Å². The molecule has 0 aromatic heterocycles. The molecule has 2 saturated heterocycles. The minimum absolute atomic E-state index is 0.193. The minimum Gasteiger partial charge on any atom is -0.323 e. The van der Waals surface area contributed by atoms with E-state index < -0.39 is 11.9 Å². The number of anilines is 1. The van der Waals surface area contributed by atoms with Crippen LogP contribution in [0.4, 0.5) is 10.5 Å². The Morgan fingerprint density at radius 2 is 1.81 bits per heavy atom. The average Bonchev–Trinajstić information content (AvgIpc) is 3.04. The van der Waals surface area contributed by atoms with Crippen molar-refractivity contribution < 1.29 is 19.2 Å². The number of nitrogens with zero attached hydrogens (tertiary/aromatic N) is 2. The zero-order chi connectivity index (χ0) is 22.4. The smallest absolute Gasteiger partial charge is 0.321 e. The van der Waals surface area contributed by atoms with E-state index in [0.29, 0.717) is 35.8 Å². The van der Waals surface area contributed by atoms with Crippen LogP contribution in [-0.4, -0.2) is 52.7 Å². The monoisotopic (exact) mass is 452 g/mol. The molecule has 1 unspecified atom stereocenters. The maximum Gasteiger partial charge on any atom is 0.321 e. The first kappa shape index (κ1) is 20.5. The lowest BCUT2D eigenvalue weighted by Gasteiger charge is -2.39. The standard InChI is InChI=1S/C23H21ClN4O4/c24-16-3-1-13(2-4-16)15-10-27(11-15)23(32)25-17-5-6-18-14(9-17)12-28(22(18)31)19-7-8-20(29)26-21(19)30/h1-6,9,15,19H,7-8,10-12H2,(H,25,32)(H,26,29,30). The van der Waals surface area contributed by atoms with Crippen molar-refractivity contribution in [1.82, 2.24) is 15.1 Å². The number of hydrogen-bond acceptors (Lipinski definition) is 4. The number of amides is 5. The fraction of sp³-hybridized carbons (Fsp3) is 0.304. The SMILES string of the molecule is O=C1CCC(N2Cc3cc(NC(=O)N4CC(c5ccc(Cl)cc5)C4)ccc3C2=O)C(=O)N1. The number of urea groups is 1. The van der Waals surface area contributed by atoms with E-state index in [4.69, 9.17) is 11.6 Å². The highest BCUT2D eigenvalue weighted by atomic mass is 35.5. The van der Waals surface area contributed by atoms with Gasteiger partial charge < -0.3 is 15.1 Å². The van der Waals surface area contributed by atoms with Gasteiger partial charge in [-0.15, -0.1) is 0 Å². The number of halogens is 1. The van der Waals surface area contributed by atoms with E-state index in [1.165, 1.54) is 4.90 Å². The van der Waals surface area contributed by atoms with Gasteiger partial charge in [-0.2, -0.15) is 0 Å². The highest BCUT2D eigenvalue weighted by Gasteiger charge is 2.39. The first-order valence-electron chi connectivity index (χ1n) is 10.5. The number of imide groups is 1. The Bertz CT molecular complexity index is 1130.